The van der Waals surface area contributed by atoms with Crippen LogP contribution >= 0.6 is 24.0 Å². The number of piperazine rings is 1. The van der Waals surface area contributed by atoms with Crippen LogP contribution in [-0.4, -0.2) is 81.3 Å². The molecule has 1 heterocycles. The van der Waals surface area contributed by atoms with E-state index >= 15 is 0 Å². The first kappa shape index (κ1) is 27.8. The van der Waals surface area contributed by atoms with Crippen molar-refractivity contribution in [2.24, 2.45) is 4.99 Å². The smallest absolute Gasteiger partial charge is 0.416 e. The molecule has 1 fully saturated rings. The van der Waals surface area contributed by atoms with Crippen molar-refractivity contribution in [3.8, 4) is 5.75 Å². The molecular weight excluding hydrogens is 522 g/mol. The van der Waals surface area contributed by atoms with Crippen LogP contribution in [0.3, 0.4) is 0 Å². The Kier molecular flexibility index (Phi) is 12.5. The van der Waals surface area contributed by atoms with Crippen molar-refractivity contribution in [3.63, 3.8) is 0 Å². The average Bonchev–Trinajstić information content (AvgIpc) is 2.75. The van der Waals surface area contributed by atoms with Gasteiger partial charge in [0.1, 0.15) is 11.9 Å². The molecule has 6 nitrogen and oxygen atoms in total. The van der Waals surface area contributed by atoms with Gasteiger partial charge in [-0.05, 0) is 31.2 Å². The number of aliphatic imine (C=N–C) groups is 1. The zero-order valence-electron chi connectivity index (χ0n) is 18.5. The van der Waals surface area contributed by atoms with E-state index in [0.29, 0.717) is 18.9 Å². The van der Waals surface area contributed by atoms with Gasteiger partial charge in [-0.3, -0.25) is 9.89 Å². The topological polar surface area (TPSA) is 52.1 Å². The van der Waals surface area contributed by atoms with Crippen molar-refractivity contribution in [2.45, 2.75) is 32.5 Å². The van der Waals surface area contributed by atoms with Gasteiger partial charge in [0.05, 0.1) is 12.1 Å². The maximum atomic E-state index is 12.9. The Morgan fingerprint density at radius 1 is 1.13 bits per heavy atom. The first-order valence-corrected chi connectivity index (χ1v) is 10.6. The molecule has 0 amide bonds. The normalized spacial score (nSPS) is 17.0. The van der Waals surface area contributed by atoms with Gasteiger partial charge < -0.3 is 20.3 Å². The minimum absolute atomic E-state index is 0. The van der Waals surface area contributed by atoms with Crippen molar-refractivity contribution in [2.75, 3.05) is 59.4 Å². The molecule has 1 unspecified atom stereocenters. The fourth-order valence-electron chi connectivity index (χ4n) is 3.30. The molecule has 0 aliphatic carbocycles. The van der Waals surface area contributed by atoms with Crippen LogP contribution in [0.4, 0.5) is 13.2 Å². The van der Waals surface area contributed by atoms with Gasteiger partial charge in [-0.1, -0.05) is 19.9 Å². The van der Waals surface area contributed by atoms with Gasteiger partial charge in [0.25, 0.3) is 0 Å². The second kappa shape index (κ2) is 14.0. The maximum Gasteiger partial charge on any atom is 0.416 e. The van der Waals surface area contributed by atoms with Crippen LogP contribution in [-0.2, 0) is 6.18 Å². The third-order valence-corrected chi connectivity index (χ3v) is 5.27. The van der Waals surface area contributed by atoms with E-state index < -0.39 is 11.7 Å². The van der Waals surface area contributed by atoms with Gasteiger partial charge in [0.15, 0.2) is 5.96 Å². The number of guanidine groups is 1. The molecule has 2 rings (SSSR count). The van der Waals surface area contributed by atoms with Crippen LogP contribution in [0.1, 0.15) is 25.8 Å². The number of rotatable bonds is 9. The predicted molar refractivity (Wildman–Crippen MR) is 129 cm³/mol. The van der Waals surface area contributed by atoms with E-state index in [1.54, 1.807) is 13.1 Å². The van der Waals surface area contributed by atoms with Crippen LogP contribution in [0.15, 0.2) is 29.3 Å². The number of nitrogens with one attached hydrogen (secondary N) is 2. The molecular formula is C21H35F3IN5O. The van der Waals surface area contributed by atoms with Gasteiger partial charge in [-0.15, -0.1) is 24.0 Å². The second-order valence-corrected chi connectivity index (χ2v) is 7.33. The molecule has 10 heteroatoms. The number of nitrogens with zero attached hydrogens (tertiary/aromatic N) is 3. The fourth-order valence-corrected chi connectivity index (χ4v) is 3.30. The lowest BCUT2D eigenvalue weighted by Gasteiger charge is -2.34. The maximum absolute atomic E-state index is 12.9. The molecule has 1 saturated heterocycles. The molecule has 1 atom stereocenters. The van der Waals surface area contributed by atoms with Crippen molar-refractivity contribution in [1.82, 2.24) is 20.4 Å². The Labute approximate surface area is 200 Å². The molecule has 0 bridgehead atoms. The fraction of sp³-hybridized carbons (Fsp3) is 0.667. The highest BCUT2D eigenvalue weighted by atomic mass is 127. The summed E-state index contributed by atoms with van der Waals surface area (Å²) < 4.78 is 44.4. The van der Waals surface area contributed by atoms with Crippen LogP contribution in [0.5, 0.6) is 5.75 Å². The van der Waals surface area contributed by atoms with Crippen LogP contribution in [0.2, 0.25) is 0 Å². The Balaban J connectivity index is 0.00000480. The summed E-state index contributed by atoms with van der Waals surface area (Å²) in [6.07, 6.45) is -4.00. The largest absolute Gasteiger partial charge is 0.489 e. The Morgan fingerprint density at radius 3 is 2.39 bits per heavy atom. The Hall–Kier alpha value is -1.27. The van der Waals surface area contributed by atoms with Gasteiger partial charge in [0.2, 0.25) is 0 Å². The Morgan fingerprint density at radius 2 is 1.81 bits per heavy atom. The molecule has 1 aliphatic rings. The summed E-state index contributed by atoms with van der Waals surface area (Å²) in [7, 11) is 1.70. The van der Waals surface area contributed by atoms with Gasteiger partial charge in [-0.25, -0.2) is 0 Å². The van der Waals surface area contributed by atoms with E-state index in [1.807, 2.05) is 6.92 Å². The number of likely N-dealkylation sites (N-methyl/N-ethyl adjacent to an activating group) is 1. The lowest BCUT2D eigenvalue weighted by atomic mass is 10.2. The van der Waals surface area contributed by atoms with Crippen molar-refractivity contribution in [3.05, 3.63) is 29.8 Å². The van der Waals surface area contributed by atoms with Gasteiger partial charge in [-0.2, -0.15) is 13.2 Å². The van der Waals surface area contributed by atoms with Crippen LogP contribution in [0.25, 0.3) is 0 Å². The lowest BCUT2D eigenvalue weighted by molar-refractivity contribution is -0.137. The Bertz CT molecular complexity index is 667. The summed E-state index contributed by atoms with van der Waals surface area (Å²) in [6.45, 7) is 11.7. The second-order valence-electron chi connectivity index (χ2n) is 7.33. The van der Waals surface area contributed by atoms with E-state index in [2.05, 4.69) is 32.3 Å². The van der Waals surface area contributed by atoms with E-state index in [9.17, 15) is 13.2 Å². The molecule has 0 saturated carbocycles. The summed E-state index contributed by atoms with van der Waals surface area (Å²) in [6, 6.07) is 4.98. The summed E-state index contributed by atoms with van der Waals surface area (Å²) in [5, 5.41) is 6.50. The van der Waals surface area contributed by atoms with E-state index in [4.69, 9.17) is 4.74 Å². The first-order valence-electron chi connectivity index (χ1n) is 10.6. The molecule has 0 spiro atoms. The highest BCUT2D eigenvalue weighted by Gasteiger charge is 2.30. The summed E-state index contributed by atoms with van der Waals surface area (Å²) in [5.41, 5.74) is -0.708. The molecule has 0 radical (unpaired) electrons. The SMILES string of the molecule is CCC(CNC(=NC)NCCN1CCN(CC)CC1)Oc1cccc(C(F)(F)F)c1.I. The van der Waals surface area contributed by atoms with E-state index in [1.165, 1.54) is 6.07 Å². The number of alkyl halides is 3. The van der Waals surface area contributed by atoms with E-state index in [-0.39, 0.29) is 35.8 Å². The first-order chi connectivity index (χ1) is 14.4. The number of ether oxygens (including phenoxy) is 1. The number of hydrogen-bond donors (Lipinski definition) is 2. The van der Waals surface area contributed by atoms with Gasteiger partial charge >= 0.3 is 6.18 Å². The van der Waals surface area contributed by atoms with E-state index in [0.717, 1.165) is 57.9 Å². The summed E-state index contributed by atoms with van der Waals surface area (Å²) in [5.74, 6) is 0.876. The summed E-state index contributed by atoms with van der Waals surface area (Å²) >= 11 is 0. The monoisotopic (exact) mass is 557 g/mol. The van der Waals surface area contributed by atoms with Crippen LogP contribution in [0, 0.1) is 0 Å². The molecule has 178 valence electrons. The van der Waals surface area contributed by atoms with Gasteiger partial charge in [0, 0.05) is 46.3 Å². The standard InChI is InChI=1S/C21H34F3N5O.HI/c1-4-18(30-19-8-6-7-17(15-19)21(22,23)24)16-27-20(25-3)26-9-10-29-13-11-28(5-2)12-14-29;/h6-8,15,18H,4-5,9-14,16H2,1-3H3,(H2,25,26,27);1H. The molecule has 1 aliphatic heterocycles. The number of hydrogen-bond acceptors (Lipinski definition) is 4. The molecule has 1 aromatic rings. The summed E-state index contributed by atoms with van der Waals surface area (Å²) in [4.78, 5) is 9.09. The average molecular weight is 557 g/mol. The number of halogens is 4. The number of benzene rings is 1. The van der Waals surface area contributed by atoms with Crippen LogP contribution < -0.4 is 15.4 Å². The molecule has 2 N–H and O–H groups in total. The molecule has 0 aromatic heterocycles. The zero-order valence-corrected chi connectivity index (χ0v) is 20.9. The molecule has 1 aromatic carbocycles. The predicted octanol–water partition coefficient (Wildman–Crippen LogP) is 3.28. The van der Waals surface area contributed by atoms with Crippen molar-refractivity contribution in [1.29, 1.82) is 0 Å². The highest BCUT2D eigenvalue weighted by Crippen LogP contribution is 2.31. The minimum Gasteiger partial charge on any atom is -0.489 e. The molecule has 31 heavy (non-hydrogen) atoms. The third-order valence-electron chi connectivity index (χ3n) is 5.27. The lowest BCUT2D eigenvalue weighted by Crippen LogP contribution is -2.49. The minimum atomic E-state index is -4.38. The van der Waals surface area contributed by atoms with Crippen molar-refractivity contribution >= 4 is 29.9 Å². The third kappa shape index (κ3) is 9.82. The quantitative estimate of drug-likeness (QED) is 0.278. The zero-order chi connectivity index (χ0) is 22.0. The van der Waals surface area contributed by atoms with Crippen molar-refractivity contribution < 1.29 is 17.9 Å². The highest BCUT2D eigenvalue weighted by molar-refractivity contribution is 14.0.